The minimum absolute atomic E-state index is 0.653. The molecule has 1 aliphatic carbocycles. The van der Waals surface area contributed by atoms with E-state index in [-0.39, 0.29) is 0 Å². The molecule has 1 aromatic heterocycles. The van der Waals surface area contributed by atoms with E-state index in [0.29, 0.717) is 6.04 Å². The third-order valence-corrected chi connectivity index (χ3v) is 3.73. The number of nitrogens with one attached hydrogen (secondary N) is 1. The molecule has 1 N–H and O–H groups in total. The molecule has 0 atom stereocenters. The van der Waals surface area contributed by atoms with Crippen molar-refractivity contribution >= 4 is 16.5 Å². The number of anilines is 1. The van der Waals surface area contributed by atoms with Gasteiger partial charge in [0.2, 0.25) is 0 Å². The molecule has 1 heterocycles. The van der Waals surface area contributed by atoms with Crippen LogP contribution in [0.25, 0.3) is 0 Å². The maximum absolute atomic E-state index is 3.85. The summed E-state index contributed by atoms with van der Waals surface area (Å²) in [5.74, 6) is 0.965. The molecule has 0 amide bonds. The Bertz CT molecular complexity index is 252. The molecule has 1 fully saturated rings. The highest BCUT2D eigenvalue weighted by atomic mass is 32.1. The van der Waals surface area contributed by atoms with Gasteiger partial charge in [0.15, 0.2) is 0 Å². The summed E-state index contributed by atoms with van der Waals surface area (Å²) in [7, 11) is 0. The monoisotopic (exact) mass is 211 g/mol. The van der Waals surface area contributed by atoms with E-state index < -0.39 is 0 Å². The average Bonchev–Trinajstić information content (AvgIpc) is 2.72. The Hall–Kier alpha value is -0.640. The number of hydrogen-bond acceptors (Lipinski definition) is 4. The Kier molecular flexibility index (Phi) is 3.35. The highest BCUT2D eigenvalue weighted by Gasteiger charge is 2.19. The Morgan fingerprint density at radius 1 is 1.43 bits per heavy atom. The second-order valence-electron chi connectivity index (χ2n) is 4.05. The first kappa shape index (κ1) is 9.90. The summed E-state index contributed by atoms with van der Waals surface area (Å²) in [4.78, 5) is 0. The van der Waals surface area contributed by atoms with Crippen LogP contribution in [0, 0.1) is 5.92 Å². The van der Waals surface area contributed by atoms with Crippen LogP contribution in [0.3, 0.4) is 0 Å². The van der Waals surface area contributed by atoms with Crippen LogP contribution in [0.5, 0.6) is 0 Å². The number of nitrogens with zero attached hydrogens (tertiary/aromatic N) is 2. The van der Waals surface area contributed by atoms with Crippen LogP contribution in [0.1, 0.15) is 39.0 Å². The molecule has 1 aromatic rings. The van der Waals surface area contributed by atoms with Crippen molar-refractivity contribution in [3.63, 3.8) is 0 Å². The van der Waals surface area contributed by atoms with Crippen molar-refractivity contribution in [3.05, 3.63) is 6.20 Å². The SMILES string of the molecule is CCC1CCC(Nc2cnns2)CC1. The lowest BCUT2D eigenvalue weighted by Gasteiger charge is -2.28. The highest BCUT2D eigenvalue weighted by molar-refractivity contribution is 7.09. The van der Waals surface area contributed by atoms with Crippen LogP contribution >= 0.6 is 11.5 Å². The van der Waals surface area contributed by atoms with E-state index in [1.807, 2.05) is 6.20 Å². The summed E-state index contributed by atoms with van der Waals surface area (Å²) in [6.07, 6.45) is 8.51. The number of aromatic nitrogens is 2. The van der Waals surface area contributed by atoms with Crippen LogP contribution in [-0.4, -0.2) is 15.6 Å². The molecule has 0 spiro atoms. The second-order valence-corrected chi connectivity index (χ2v) is 4.84. The summed E-state index contributed by atoms with van der Waals surface area (Å²) in [6, 6.07) is 0.653. The smallest absolute Gasteiger partial charge is 0.130 e. The molecule has 2 rings (SSSR count). The van der Waals surface area contributed by atoms with E-state index in [1.54, 1.807) is 0 Å². The lowest BCUT2D eigenvalue weighted by Crippen LogP contribution is -2.25. The summed E-state index contributed by atoms with van der Waals surface area (Å²) < 4.78 is 3.85. The molecular formula is C10H17N3S. The van der Waals surface area contributed by atoms with E-state index in [2.05, 4.69) is 21.8 Å². The minimum atomic E-state index is 0.653. The van der Waals surface area contributed by atoms with Crippen LogP contribution in [0.15, 0.2) is 6.20 Å². The molecule has 0 radical (unpaired) electrons. The van der Waals surface area contributed by atoms with Crippen molar-refractivity contribution < 1.29 is 0 Å². The van der Waals surface area contributed by atoms with Gasteiger partial charge in [0.1, 0.15) is 5.00 Å². The molecule has 1 aliphatic rings. The third-order valence-electron chi connectivity index (χ3n) is 3.13. The molecule has 78 valence electrons. The molecule has 0 unspecified atom stereocenters. The fraction of sp³-hybridized carbons (Fsp3) is 0.800. The first-order valence-corrected chi connectivity index (χ1v) is 6.19. The van der Waals surface area contributed by atoms with Gasteiger partial charge in [-0.3, -0.25) is 0 Å². The van der Waals surface area contributed by atoms with Crippen molar-refractivity contribution in [1.29, 1.82) is 0 Å². The summed E-state index contributed by atoms with van der Waals surface area (Å²) >= 11 is 1.45. The largest absolute Gasteiger partial charge is 0.372 e. The quantitative estimate of drug-likeness (QED) is 0.835. The molecule has 0 bridgehead atoms. The van der Waals surface area contributed by atoms with Gasteiger partial charge in [0.25, 0.3) is 0 Å². The normalized spacial score (nSPS) is 27.5. The molecule has 14 heavy (non-hydrogen) atoms. The Morgan fingerprint density at radius 3 is 2.79 bits per heavy atom. The van der Waals surface area contributed by atoms with E-state index >= 15 is 0 Å². The standard InChI is InChI=1S/C10H17N3S/c1-2-8-3-5-9(6-4-8)12-10-7-11-13-14-10/h7-9,12H,2-6H2,1H3. The van der Waals surface area contributed by atoms with Gasteiger partial charge in [-0.2, -0.15) is 0 Å². The predicted octanol–water partition coefficient (Wildman–Crippen LogP) is 2.92. The van der Waals surface area contributed by atoms with Gasteiger partial charge in [0.05, 0.1) is 6.20 Å². The van der Waals surface area contributed by atoms with Crippen molar-refractivity contribution in [2.45, 2.75) is 45.1 Å². The fourth-order valence-corrected chi connectivity index (χ4v) is 2.64. The van der Waals surface area contributed by atoms with Gasteiger partial charge >= 0.3 is 0 Å². The zero-order chi connectivity index (χ0) is 9.80. The van der Waals surface area contributed by atoms with Gasteiger partial charge < -0.3 is 5.32 Å². The molecule has 0 aromatic carbocycles. The Morgan fingerprint density at radius 2 is 2.21 bits per heavy atom. The van der Waals surface area contributed by atoms with Gasteiger partial charge in [0, 0.05) is 17.6 Å². The molecule has 0 saturated heterocycles. The highest BCUT2D eigenvalue weighted by Crippen LogP contribution is 2.28. The zero-order valence-corrected chi connectivity index (χ0v) is 9.39. The predicted molar refractivity (Wildman–Crippen MR) is 59.6 cm³/mol. The second kappa shape index (κ2) is 4.73. The maximum Gasteiger partial charge on any atom is 0.130 e. The maximum atomic E-state index is 3.85. The Labute approximate surface area is 89.1 Å². The summed E-state index contributed by atoms with van der Waals surface area (Å²) in [6.45, 7) is 2.30. The van der Waals surface area contributed by atoms with Crippen LogP contribution < -0.4 is 5.32 Å². The topological polar surface area (TPSA) is 37.8 Å². The fourth-order valence-electron chi connectivity index (χ4n) is 2.15. The van der Waals surface area contributed by atoms with E-state index in [0.717, 1.165) is 10.9 Å². The minimum Gasteiger partial charge on any atom is -0.372 e. The lowest BCUT2D eigenvalue weighted by molar-refractivity contribution is 0.330. The molecule has 0 aliphatic heterocycles. The molecule has 1 saturated carbocycles. The zero-order valence-electron chi connectivity index (χ0n) is 8.57. The van der Waals surface area contributed by atoms with Gasteiger partial charge in [-0.1, -0.05) is 17.8 Å². The van der Waals surface area contributed by atoms with Crippen LogP contribution in [0.4, 0.5) is 5.00 Å². The summed E-state index contributed by atoms with van der Waals surface area (Å²) in [5, 5.41) is 8.44. The number of hydrogen-bond donors (Lipinski definition) is 1. The molecule has 3 nitrogen and oxygen atoms in total. The Balaban J connectivity index is 1.79. The first-order valence-electron chi connectivity index (χ1n) is 5.42. The van der Waals surface area contributed by atoms with Gasteiger partial charge in [-0.15, -0.1) is 5.10 Å². The van der Waals surface area contributed by atoms with E-state index in [4.69, 9.17) is 0 Å². The first-order chi connectivity index (χ1) is 6.88. The van der Waals surface area contributed by atoms with Crippen molar-refractivity contribution in [2.75, 3.05) is 5.32 Å². The van der Waals surface area contributed by atoms with Crippen LogP contribution in [-0.2, 0) is 0 Å². The van der Waals surface area contributed by atoms with Crippen LogP contribution in [0.2, 0.25) is 0 Å². The van der Waals surface area contributed by atoms with Crippen molar-refractivity contribution in [3.8, 4) is 0 Å². The van der Waals surface area contributed by atoms with Gasteiger partial charge in [-0.25, -0.2) is 0 Å². The van der Waals surface area contributed by atoms with E-state index in [1.165, 1.54) is 43.6 Å². The van der Waals surface area contributed by atoms with E-state index in [9.17, 15) is 0 Å². The van der Waals surface area contributed by atoms with Crippen molar-refractivity contribution in [1.82, 2.24) is 9.59 Å². The average molecular weight is 211 g/mol. The van der Waals surface area contributed by atoms with Crippen molar-refractivity contribution in [2.24, 2.45) is 5.92 Å². The van der Waals surface area contributed by atoms with Gasteiger partial charge in [-0.05, 0) is 31.6 Å². The molecular weight excluding hydrogens is 194 g/mol. The lowest BCUT2D eigenvalue weighted by atomic mass is 9.85. The third kappa shape index (κ3) is 2.44. The molecule has 4 heteroatoms. The number of rotatable bonds is 3. The summed E-state index contributed by atoms with van der Waals surface area (Å²) in [5.41, 5.74) is 0.